The van der Waals surface area contributed by atoms with Crippen LogP contribution in [-0.2, 0) is 11.5 Å². The molecule has 3 nitrogen and oxygen atoms in total. The Labute approximate surface area is 186 Å². The first-order valence-corrected chi connectivity index (χ1v) is 11.0. The van der Waals surface area contributed by atoms with E-state index in [-0.39, 0.29) is 6.71 Å². The second-order valence-corrected chi connectivity index (χ2v) is 8.32. The third-order valence-corrected chi connectivity index (χ3v) is 5.68. The fourth-order valence-electron chi connectivity index (χ4n) is 3.22. The standard InChI is InChI=1S/C18H20BF3S.C5H8N2O/c1-14(2)16-10-13-23-17(16)19(15-8-4-3-5-9-15)12-7-6-11-18(20,21)22;1-8-5-7-3-2-6-4-7/h3-6,8-11,13-14H,7,12H2,1-2H3;2-4H,5H2,1H3. The lowest BCUT2D eigenvalue weighted by Crippen LogP contribution is -2.42. The Morgan fingerprint density at radius 2 is 1.94 bits per heavy atom. The summed E-state index contributed by atoms with van der Waals surface area (Å²) in [6.07, 6.45) is 3.72. The smallest absolute Gasteiger partial charge is 0.364 e. The van der Waals surface area contributed by atoms with Gasteiger partial charge in [0.05, 0.1) is 6.33 Å². The minimum absolute atomic E-state index is 0.145. The summed E-state index contributed by atoms with van der Waals surface area (Å²) in [5.41, 5.74) is 2.46. The van der Waals surface area contributed by atoms with E-state index >= 15 is 0 Å². The van der Waals surface area contributed by atoms with Crippen LogP contribution in [0.3, 0.4) is 0 Å². The second-order valence-electron chi connectivity index (χ2n) is 7.37. The average Bonchev–Trinajstić information content (AvgIpc) is 3.41. The molecule has 0 aliphatic heterocycles. The van der Waals surface area contributed by atoms with Crippen LogP contribution in [-0.4, -0.2) is 29.5 Å². The van der Waals surface area contributed by atoms with Crippen LogP contribution in [0.5, 0.6) is 0 Å². The van der Waals surface area contributed by atoms with Crippen LogP contribution in [0.25, 0.3) is 0 Å². The van der Waals surface area contributed by atoms with Gasteiger partial charge in [-0.05, 0) is 34.1 Å². The van der Waals surface area contributed by atoms with E-state index in [4.69, 9.17) is 4.74 Å². The number of benzene rings is 1. The van der Waals surface area contributed by atoms with Crippen molar-refractivity contribution >= 4 is 28.3 Å². The molecule has 31 heavy (non-hydrogen) atoms. The minimum Gasteiger partial charge on any atom is -0.364 e. The first-order chi connectivity index (χ1) is 14.8. The largest absolute Gasteiger partial charge is 0.409 e. The van der Waals surface area contributed by atoms with Crippen molar-refractivity contribution < 1.29 is 17.9 Å². The van der Waals surface area contributed by atoms with Crippen molar-refractivity contribution in [1.29, 1.82) is 0 Å². The Morgan fingerprint density at radius 3 is 2.52 bits per heavy atom. The van der Waals surface area contributed by atoms with Gasteiger partial charge in [-0.2, -0.15) is 24.5 Å². The molecule has 166 valence electrons. The van der Waals surface area contributed by atoms with Crippen LogP contribution in [0.1, 0.15) is 31.7 Å². The van der Waals surface area contributed by atoms with E-state index in [0.29, 0.717) is 31.5 Å². The van der Waals surface area contributed by atoms with Crippen molar-refractivity contribution in [2.24, 2.45) is 0 Å². The molecule has 3 aromatic rings. The lowest BCUT2D eigenvalue weighted by molar-refractivity contribution is -0.0800. The van der Waals surface area contributed by atoms with Crippen molar-refractivity contribution in [3.63, 3.8) is 0 Å². The predicted octanol–water partition coefficient (Wildman–Crippen LogP) is 5.48. The van der Waals surface area contributed by atoms with Crippen LogP contribution >= 0.6 is 11.3 Å². The van der Waals surface area contributed by atoms with Gasteiger partial charge in [-0.3, -0.25) is 0 Å². The quantitative estimate of drug-likeness (QED) is 0.337. The summed E-state index contributed by atoms with van der Waals surface area (Å²) in [5, 5.41) is 2.08. The zero-order chi connectivity index (χ0) is 22.7. The molecule has 0 radical (unpaired) electrons. The third kappa shape index (κ3) is 8.75. The topological polar surface area (TPSA) is 27.1 Å². The Hall–Kier alpha value is -2.32. The molecule has 0 atom stereocenters. The SMILES string of the molecule is CC(C)c1ccsc1B(CCC=CC(F)(F)F)c1ccccc1.COCn1ccnc1. The van der Waals surface area contributed by atoms with E-state index < -0.39 is 6.18 Å². The summed E-state index contributed by atoms with van der Waals surface area (Å²) in [4.78, 5) is 3.82. The summed E-state index contributed by atoms with van der Waals surface area (Å²) in [6.45, 7) is 5.03. The fourth-order valence-corrected chi connectivity index (χ4v) is 4.44. The first kappa shape index (κ1) is 24.9. The number of allylic oxidation sites excluding steroid dienone is 2. The summed E-state index contributed by atoms with van der Waals surface area (Å²) in [5.74, 6) is 0.410. The summed E-state index contributed by atoms with van der Waals surface area (Å²) >= 11 is 1.70. The molecule has 3 rings (SSSR count). The van der Waals surface area contributed by atoms with Crippen molar-refractivity contribution in [2.75, 3.05) is 7.11 Å². The maximum absolute atomic E-state index is 12.3. The highest BCUT2D eigenvalue weighted by atomic mass is 32.1. The number of alkyl halides is 3. The zero-order valence-corrected chi connectivity index (χ0v) is 18.9. The summed E-state index contributed by atoms with van der Waals surface area (Å²) in [6, 6.07) is 12.2. The molecule has 0 spiro atoms. The molecular formula is C23H28BF3N2OS. The van der Waals surface area contributed by atoms with Gasteiger partial charge in [-0.15, -0.1) is 0 Å². The monoisotopic (exact) mass is 448 g/mol. The minimum atomic E-state index is -4.23. The van der Waals surface area contributed by atoms with Crippen molar-refractivity contribution in [1.82, 2.24) is 9.55 Å². The lowest BCUT2D eigenvalue weighted by atomic mass is 9.40. The van der Waals surface area contributed by atoms with Gasteiger partial charge in [0.25, 0.3) is 0 Å². The molecule has 1 aromatic carbocycles. The number of ether oxygens (including phenoxy) is 1. The van der Waals surface area contributed by atoms with Crippen molar-refractivity contribution in [2.45, 2.75) is 45.4 Å². The fraction of sp³-hybridized carbons (Fsp3) is 0.348. The number of rotatable bonds is 8. The normalized spacial score (nSPS) is 11.6. The van der Waals surface area contributed by atoms with Gasteiger partial charge in [0, 0.05) is 25.6 Å². The van der Waals surface area contributed by atoms with E-state index in [2.05, 4.69) is 42.4 Å². The molecule has 0 bridgehead atoms. The Balaban J connectivity index is 0.000000357. The molecule has 2 aromatic heterocycles. The van der Waals surface area contributed by atoms with Crippen LogP contribution in [0, 0.1) is 0 Å². The van der Waals surface area contributed by atoms with Crippen molar-refractivity contribution in [3.05, 3.63) is 78.2 Å². The Bertz CT molecular complexity index is 893. The predicted molar refractivity (Wildman–Crippen MR) is 124 cm³/mol. The Kier molecular flexibility index (Phi) is 10.1. The average molecular weight is 448 g/mol. The number of hydrogen-bond donors (Lipinski definition) is 0. The highest BCUT2D eigenvalue weighted by molar-refractivity contribution is 7.24. The molecular weight excluding hydrogens is 420 g/mol. The molecule has 0 unspecified atom stereocenters. The molecule has 0 saturated carbocycles. The highest BCUT2D eigenvalue weighted by Gasteiger charge is 2.25. The Morgan fingerprint density at radius 1 is 1.19 bits per heavy atom. The molecule has 0 fully saturated rings. The maximum Gasteiger partial charge on any atom is 0.409 e. The zero-order valence-electron chi connectivity index (χ0n) is 18.0. The van der Waals surface area contributed by atoms with E-state index in [1.807, 2.05) is 29.0 Å². The first-order valence-electron chi connectivity index (χ1n) is 10.1. The van der Waals surface area contributed by atoms with Gasteiger partial charge < -0.3 is 9.30 Å². The van der Waals surface area contributed by atoms with Crippen LogP contribution in [0.15, 0.2) is 72.7 Å². The molecule has 0 saturated heterocycles. The number of hydrogen-bond acceptors (Lipinski definition) is 3. The van der Waals surface area contributed by atoms with Crippen LogP contribution in [0.4, 0.5) is 13.2 Å². The summed E-state index contributed by atoms with van der Waals surface area (Å²) < 4.78 is 44.7. The third-order valence-electron chi connectivity index (χ3n) is 4.63. The molecule has 0 amide bonds. The number of halogens is 3. The van der Waals surface area contributed by atoms with E-state index in [1.165, 1.54) is 16.4 Å². The molecule has 0 N–H and O–H groups in total. The number of imidazole rings is 1. The van der Waals surface area contributed by atoms with E-state index in [1.54, 1.807) is 31.0 Å². The van der Waals surface area contributed by atoms with Gasteiger partial charge >= 0.3 is 6.18 Å². The highest BCUT2D eigenvalue weighted by Crippen LogP contribution is 2.19. The maximum atomic E-state index is 12.3. The van der Waals surface area contributed by atoms with Crippen LogP contribution in [0.2, 0.25) is 6.32 Å². The van der Waals surface area contributed by atoms with E-state index in [9.17, 15) is 13.2 Å². The number of thiophene rings is 1. The summed E-state index contributed by atoms with van der Waals surface area (Å²) in [7, 11) is 1.65. The number of nitrogens with zero attached hydrogens (tertiary/aromatic N) is 2. The lowest BCUT2D eigenvalue weighted by Gasteiger charge is -2.16. The van der Waals surface area contributed by atoms with Gasteiger partial charge in [-0.1, -0.05) is 62.0 Å². The van der Waals surface area contributed by atoms with Gasteiger partial charge in [0.2, 0.25) is 6.71 Å². The van der Waals surface area contributed by atoms with Gasteiger partial charge in [-0.25, -0.2) is 4.98 Å². The van der Waals surface area contributed by atoms with Crippen molar-refractivity contribution in [3.8, 4) is 0 Å². The molecule has 0 aliphatic rings. The number of aromatic nitrogens is 2. The van der Waals surface area contributed by atoms with Gasteiger partial charge in [0.15, 0.2) is 0 Å². The van der Waals surface area contributed by atoms with Crippen LogP contribution < -0.4 is 10.2 Å². The number of methoxy groups -OCH3 is 1. The molecule has 0 aliphatic carbocycles. The molecule has 8 heteroatoms. The molecule has 2 heterocycles. The second kappa shape index (κ2) is 12.5. The van der Waals surface area contributed by atoms with E-state index in [0.717, 1.165) is 5.46 Å². The van der Waals surface area contributed by atoms with Gasteiger partial charge in [0.1, 0.15) is 6.73 Å².